The van der Waals surface area contributed by atoms with Gasteiger partial charge in [0.1, 0.15) is 0 Å². The van der Waals surface area contributed by atoms with E-state index in [0.717, 1.165) is 11.3 Å². The summed E-state index contributed by atoms with van der Waals surface area (Å²) in [5.41, 5.74) is 1.96. The number of urea groups is 1. The molecule has 1 aromatic carbocycles. The molecule has 8 heteroatoms. The molecule has 0 radical (unpaired) electrons. The Morgan fingerprint density at radius 1 is 1.33 bits per heavy atom. The Bertz CT molecular complexity index is 800. The molecule has 0 aliphatic carbocycles. The molecule has 7 nitrogen and oxygen atoms in total. The molecule has 0 saturated carbocycles. The van der Waals surface area contributed by atoms with Crippen molar-refractivity contribution in [2.75, 3.05) is 11.5 Å². The van der Waals surface area contributed by atoms with Crippen LogP contribution in [0.15, 0.2) is 43.0 Å². The van der Waals surface area contributed by atoms with E-state index in [4.69, 9.17) is 0 Å². The van der Waals surface area contributed by atoms with E-state index in [1.54, 1.807) is 12.5 Å². The van der Waals surface area contributed by atoms with Gasteiger partial charge in [0.2, 0.25) is 0 Å². The maximum Gasteiger partial charge on any atom is 0.315 e. The van der Waals surface area contributed by atoms with E-state index in [1.807, 2.05) is 42.0 Å². The van der Waals surface area contributed by atoms with Gasteiger partial charge in [-0.05, 0) is 31.0 Å². The number of hydrogen-bond acceptors (Lipinski definition) is 4. The van der Waals surface area contributed by atoms with Crippen LogP contribution in [0, 0.1) is 0 Å². The third-order valence-electron chi connectivity index (χ3n) is 4.11. The highest BCUT2D eigenvalue weighted by Crippen LogP contribution is 2.16. The van der Waals surface area contributed by atoms with Crippen molar-refractivity contribution >= 4 is 15.9 Å². The number of carbonyl (C=O) groups excluding carboxylic acids is 1. The Balaban J connectivity index is 1.56. The van der Waals surface area contributed by atoms with Crippen molar-refractivity contribution in [2.24, 2.45) is 0 Å². The van der Waals surface area contributed by atoms with Crippen LogP contribution in [0.1, 0.15) is 24.9 Å². The predicted octanol–water partition coefficient (Wildman–Crippen LogP) is 1.42. The van der Waals surface area contributed by atoms with E-state index in [9.17, 15) is 13.2 Å². The van der Waals surface area contributed by atoms with Crippen molar-refractivity contribution in [3.8, 4) is 5.69 Å². The second-order valence-electron chi connectivity index (χ2n) is 6.00. The average molecular weight is 348 g/mol. The summed E-state index contributed by atoms with van der Waals surface area (Å²) < 4.78 is 24.7. The van der Waals surface area contributed by atoms with E-state index in [0.29, 0.717) is 6.42 Å². The first-order valence-electron chi connectivity index (χ1n) is 7.79. The maximum absolute atomic E-state index is 12.0. The quantitative estimate of drug-likeness (QED) is 0.874. The van der Waals surface area contributed by atoms with E-state index in [-0.39, 0.29) is 29.6 Å². The molecule has 2 aromatic rings. The van der Waals surface area contributed by atoms with Gasteiger partial charge in [-0.1, -0.05) is 12.1 Å². The molecule has 0 unspecified atom stereocenters. The van der Waals surface area contributed by atoms with Crippen LogP contribution in [0.3, 0.4) is 0 Å². The summed E-state index contributed by atoms with van der Waals surface area (Å²) in [5.74, 6) is 0.164. The first-order valence-corrected chi connectivity index (χ1v) is 9.61. The summed E-state index contributed by atoms with van der Waals surface area (Å²) in [4.78, 5) is 16.0. The van der Waals surface area contributed by atoms with E-state index in [1.165, 1.54) is 0 Å². The van der Waals surface area contributed by atoms with Crippen LogP contribution in [-0.4, -0.2) is 41.5 Å². The van der Waals surface area contributed by atoms with Crippen LogP contribution < -0.4 is 10.6 Å². The summed E-state index contributed by atoms with van der Waals surface area (Å²) >= 11 is 0. The molecule has 1 fully saturated rings. The number of carbonyl (C=O) groups is 1. The van der Waals surface area contributed by atoms with Gasteiger partial charge in [0.15, 0.2) is 9.84 Å². The van der Waals surface area contributed by atoms with Gasteiger partial charge >= 0.3 is 6.03 Å². The summed E-state index contributed by atoms with van der Waals surface area (Å²) in [5, 5.41) is 5.57. The number of aromatic nitrogens is 2. The lowest BCUT2D eigenvalue weighted by Crippen LogP contribution is -2.43. The first kappa shape index (κ1) is 16.5. The molecule has 1 aliphatic heterocycles. The fourth-order valence-electron chi connectivity index (χ4n) is 2.76. The van der Waals surface area contributed by atoms with Crippen molar-refractivity contribution in [3.05, 3.63) is 48.5 Å². The lowest BCUT2D eigenvalue weighted by Gasteiger charge is -2.17. The molecule has 0 spiro atoms. The summed E-state index contributed by atoms with van der Waals surface area (Å²) in [7, 11) is -3.00. The highest BCUT2D eigenvalue weighted by Gasteiger charge is 2.29. The molecule has 1 aromatic heterocycles. The fourth-order valence-corrected chi connectivity index (χ4v) is 4.44. The highest BCUT2D eigenvalue weighted by atomic mass is 32.2. The van der Waals surface area contributed by atoms with Gasteiger partial charge in [0, 0.05) is 24.1 Å². The van der Waals surface area contributed by atoms with Gasteiger partial charge in [-0.3, -0.25) is 0 Å². The van der Waals surface area contributed by atoms with Crippen molar-refractivity contribution in [1.82, 2.24) is 20.2 Å². The largest absolute Gasteiger partial charge is 0.334 e. The number of benzene rings is 1. The van der Waals surface area contributed by atoms with Gasteiger partial charge in [-0.25, -0.2) is 18.2 Å². The molecule has 2 N–H and O–H groups in total. The van der Waals surface area contributed by atoms with Crippen molar-refractivity contribution < 1.29 is 13.2 Å². The molecule has 2 atom stereocenters. The Morgan fingerprint density at radius 2 is 2.08 bits per heavy atom. The second kappa shape index (κ2) is 6.64. The molecule has 0 bridgehead atoms. The normalized spacial score (nSPS) is 20.5. The van der Waals surface area contributed by atoms with Gasteiger partial charge in [-0.15, -0.1) is 0 Å². The minimum Gasteiger partial charge on any atom is -0.334 e. The lowest BCUT2D eigenvalue weighted by atomic mass is 10.1. The number of nitrogens with zero attached hydrogens (tertiary/aromatic N) is 2. The van der Waals surface area contributed by atoms with Crippen molar-refractivity contribution in [2.45, 2.75) is 25.4 Å². The number of amides is 2. The van der Waals surface area contributed by atoms with Gasteiger partial charge in [0.05, 0.1) is 23.9 Å². The topological polar surface area (TPSA) is 93.1 Å². The minimum absolute atomic E-state index is 0.0222. The van der Waals surface area contributed by atoms with E-state index in [2.05, 4.69) is 15.6 Å². The van der Waals surface area contributed by atoms with Crippen LogP contribution in [0.2, 0.25) is 0 Å². The summed E-state index contributed by atoms with van der Waals surface area (Å²) in [6.07, 6.45) is 5.77. The monoisotopic (exact) mass is 348 g/mol. The van der Waals surface area contributed by atoms with Crippen LogP contribution in [-0.2, 0) is 9.84 Å². The predicted molar refractivity (Wildman–Crippen MR) is 90.7 cm³/mol. The molecular formula is C16H20N4O3S. The van der Waals surface area contributed by atoms with Gasteiger partial charge in [0.25, 0.3) is 0 Å². The smallest absolute Gasteiger partial charge is 0.315 e. The first-order chi connectivity index (χ1) is 11.4. The third kappa shape index (κ3) is 3.94. The maximum atomic E-state index is 12.0. The zero-order valence-electron chi connectivity index (χ0n) is 13.3. The molecule has 24 heavy (non-hydrogen) atoms. The summed E-state index contributed by atoms with van der Waals surface area (Å²) in [6, 6.07) is 6.97. The zero-order valence-corrected chi connectivity index (χ0v) is 14.2. The van der Waals surface area contributed by atoms with Crippen LogP contribution in [0.4, 0.5) is 4.79 Å². The lowest BCUT2D eigenvalue weighted by molar-refractivity contribution is 0.235. The molecule has 128 valence electrons. The molecular weight excluding hydrogens is 328 g/mol. The molecule has 1 aliphatic rings. The van der Waals surface area contributed by atoms with Crippen LogP contribution in [0.5, 0.6) is 0 Å². The summed E-state index contributed by atoms with van der Waals surface area (Å²) in [6.45, 7) is 1.89. The Labute approximate surface area is 141 Å². The zero-order chi connectivity index (χ0) is 17.2. The Hall–Kier alpha value is -2.35. The van der Waals surface area contributed by atoms with Crippen LogP contribution in [0.25, 0.3) is 5.69 Å². The Morgan fingerprint density at radius 3 is 2.67 bits per heavy atom. The third-order valence-corrected chi connectivity index (χ3v) is 5.88. The van der Waals surface area contributed by atoms with Crippen LogP contribution >= 0.6 is 0 Å². The standard InChI is InChI=1S/C16H20N4O3S/c1-12(18-16(21)19-14-6-9-24(22,23)10-14)13-2-4-15(5-3-13)20-8-7-17-11-20/h2-5,7-8,11-12,14H,6,9-10H2,1H3,(H2,18,19,21)/t12-,14-/m0/s1. The van der Waals surface area contributed by atoms with Crippen molar-refractivity contribution in [3.63, 3.8) is 0 Å². The highest BCUT2D eigenvalue weighted by molar-refractivity contribution is 7.91. The molecule has 1 saturated heterocycles. The molecule has 2 heterocycles. The SMILES string of the molecule is C[C@H](NC(=O)N[C@H]1CCS(=O)(=O)C1)c1ccc(-n2ccnc2)cc1. The van der Waals surface area contributed by atoms with E-state index >= 15 is 0 Å². The number of rotatable bonds is 4. The number of sulfone groups is 1. The Kier molecular flexibility index (Phi) is 4.57. The number of nitrogens with one attached hydrogen (secondary N) is 2. The van der Waals surface area contributed by atoms with Gasteiger partial charge in [-0.2, -0.15) is 0 Å². The number of hydrogen-bond donors (Lipinski definition) is 2. The second-order valence-corrected chi connectivity index (χ2v) is 8.23. The minimum atomic E-state index is -3.00. The number of imidazole rings is 1. The van der Waals surface area contributed by atoms with Gasteiger partial charge < -0.3 is 15.2 Å². The molecule has 3 rings (SSSR count). The van der Waals surface area contributed by atoms with E-state index < -0.39 is 9.84 Å². The fraction of sp³-hybridized carbons (Fsp3) is 0.375. The molecule has 2 amide bonds. The van der Waals surface area contributed by atoms with Crippen molar-refractivity contribution in [1.29, 1.82) is 0 Å². The average Bonchev–Trinajstić information content (AvgIpc) is 3.17.